The van der Waals surface area contributed by atoms with Gasteiger partial charge in [-0.05, 0) is 22.3 Å². The summed E-state index contributed by atoms with van der Waals surface area (Å²) >= 11 is 10.9. The fourth-order valence-electron chi connectivity index (χ4n) is 2.53. The zero-order chi connectivity index (χ0) is 19.8. The highest BCUT2D eigenvalue weighted by atomic mass is 35.5. The molecule has 0 aliphatic carbocycles. The summed E-state index contributed by atoms with van der Waals surface area (Å²) in [6, 6.07) is 13.4. The Labute approximate surface area is 166 Å². The van der Waals surface area contributed by atoms with E-state index < -0.39 is 29.6 Å². The Kier molecular flexibility index (Phi) is 8.03. The van der Waals surface area contributed by atoms with Crippen molar-refractivity contribution in [3.05, 3.63) is 59.7 Å². The van der Waals surface area contributed by atoms with E-state index in [2.05, 4.69) is 10.6 Å². The van der Waals surface area contributed by atoms with Crippen LogP contribution in [0.5, 0.6) is 0 Å². The Morgan fingerprint density at radius 2 is 1.63 bits per heavy atom. The summed E-state index contributed by atoms with van der Waals surface area (Å²) in [5.41, 5.74) is 3.28. The maximum atomic E-state index is 13.2. The summed E-state index contributed by atoms with van der Waals surface area (Å²) in [6.45, 7) is -0.512. The Morgan fingerprint density at radius 3 is 2.11 bits per heavy atom. The van der Waals surface area contributed by atoms with Crippen LogP contribution >= 0.6 is 23.2 Å². The highest BCUT2D eigenvalue weighted by Gasteiger charge is 2.25. The number of benzene rings is 2. The predicted octanol–water partition coefficient (Wildman–Crippen LogP) is 2.89. The molecular formula is C19H19Cl2FN2O3. The molecule has 0 spiro atoms. The molecule has 0 radical (unpaired) electrons. The quantitative estimate of drug-likeness (QED) is 0.437. The van der Waals surface area contributed by atoms with Crippen molar-refractivity contribution in [2.24, 2.45) is 0 Å². The molecule has 0 bridgehead atoms. The number of rotatable bonds is 9. The lowest BCUT2D eigenvalue weighted by atomic mass is 9.98. The Bertz CT molecular complexity index is 755. The first kappa shape index (κ1) is 21.2. The lowest BCUT2D eigenvalue weighted by molar-refractivity contribution is -0.121. The minimum absolute atomic E-state index is 0.453. The van der Waals surface area contributed by atoms with Crippen molar-refractivity contribution < 1.29 is 19.1 Å². The molecule has 0 aliphatic rings. The molecule has 0 fully saturated rings. The number of halogens is 3. The zero-order valence-electron chi connectivity index (χ0n) is 14.2. The van der Waals surface area contributed by atoms with Crippen LogP contribution in [0.25, 0.3) is 11.1 Å². The SMILES string of the molecule is O=CNCc1ccc(-c2ccc(C(O)C(CF)NC(=O)C(Cl)Cl)cc2)cc1. The van der Waals surface area contributed by atoms with E-state index in [0.717, 1.165) is 16.7 Å². The second kappa shape index (κ2) is 10.3. The molecule has 0 heterocycles. The van der Waals surface area contributed by atoms with E-state index in [4.69, 9.17) is 23.2 Å². The van der Waals surface area contributed by atoms with Crippen LogP contribution in [0.15, 0.2) is 48.5 Å². The number of nitrogens with one attached hydrogen (secondary N) is 2. The van der Waals surface area contributed by atoms with Crippen molar-refractivity contribution in [2.75, 3.05) is 6.67 Å². The number of amides is 2. The molecule has 2 unspecified atom stereocenters. The van der Waals surface area contributed by atoms with Crippen molar-refractivity contribution in [2.45, 2.75) is 23.5 Å². The molecule has 2 amide bonds. The highest BCUT2D eigenvalue weighted by Crippen LogP contribution is 2.24. The minimum Gasteiger partial charge on any atom is -0.386 e. The van der Waals surface area contributed by atoms with Crippen molar-refractivity contribution in [1.82, 2.24) is 10.6 Å². The summed E-state index contributed by atoms with van der Waals surface area (Å²) in [5, 5.41) is 15.2. The molecule has 0 saturated heterocycles. The molecule has 0 aliphatic heterocycles. The van der Waals surface area contributed by atoms with E-state index >= 15 is 0 Å². The Balaban J connectivity index is 2.09. The fourth-order valence-corrected chi connectivity index (χ4v) is 2.65. The molecule has 5 nitrogen and oxygen atoms in total. The van der Waals surface area contributed by atoms with E-state index in [-0.39, 0.29) is 0 Å². The number of aliphatic hydroxyl groups excluding tert-OH is 1. The van der Waals surface area contributed by atoms with Gasteiger partial charge in [0.25, 0.3) is 5.91 Å². The minimum atomic E-state index is -1.33. The van der Waals surface area contributed by atoms with E-state index in [1.165, 1.54) is 0 Å². The number of aliphatic hydroxyl groups is 1. The standard InChI is InChI=1S/C19H19Cl2FN2O3/c20-18(21)19(27)24-16(9-22)17(26)15-7-5-14(6-8-15)13-3-1-12(2-4-13)10-23-11-25/h1-8,11,16-18,26H,9-10H2,(H,23,25)(H,24,27). The summed E-state index contributed by atoms with van der Waals surface area (Å²) < 4.78 is 13.2. The summed E-state index contributed by atoms with van der Waals surface area (Å²) in [6.07, 6.45) is -0.595. The van der Waals surface area contributed by atoms with Gasteiger partial charge in [-0.2, -0.15) is 0 Å². The summed E-state index contributed by atoms with van der Waals surface area (Å²) in [5.74, 6) is -0.763. The van der Waals surface area contributed by atoms with E-state index in [9.17, 15) is 19.1 Å². The van der Waals surface area contributed by atoms with Gasteiger partial charge in [0.2, 0.25) is 6.41 Å². The fraction of sp³-hybridized carbons (Fsp3) is 0.263. The van der Waals surface area contributed by atoms with Crippen LogP contribution in [0.2, 0.25) is 0 Å². The van der Waals surface area contributed by atoms with Crippen LogP contribution < -0.4 is 10.6 Å². The van der Waals surface area contributed by atoms with Crippen LogP contribution in [0, 0.1) is 0 Å². The number of carbonyl (C=O) groups is 2. The lowest BCUT2D eigenvalue weighted by Gasteiger charge is -2.22. The lowest BCUT2D eigenvalue weighted by Crippen LogP contribution is -2.43. The molecule has 2 aromatic carbocycles. The summed E-state index contributed by atoms with van der Waals surface area (Å²) in [7, 11) is 0. The van der Waals surface area contributed by atoms with Crippen LogP contribution in [0.3, 0.4) is 0 Å². The van der Waals surface area contributed by atoms with Gasteiger partial charge in [-0.1, -0.05) is 71.7 Å². The first-order valence-corrected chi connectivity index (χ1v) is 9.02. The molecule has 8 heteroatoms. The average molecular weight is 413 g/mol. The molecule has 2 aromatic rings. The van der Waals surface area contributed by atoms with Crippen LogP contribution in [0.1, 0.15) is 17.2 Å². The van der Waals surface area contributed by atoms with Gasteiger partial charge in [-0.25, -0.2) is 4.39 Å². The first-order valence-electron chi connectivity index (χ1n) is 8.15. The Hall–Kier alpha value is -2.15. The highest BCUT2D eigenvalue weighted by molar-refractivity contribution is 6.53. The van der Waals surface area contributed by atoms with Crippen LogP contribution in [0.4, 0.5) is 4.39 Å². The molecule has 0 saturated carbocycles. The zero-order valence-corrected chi connectivity index (χ0v) is 15.8. The molecule has 2 atom stereocenters. The second-order valence-corrected chi connectivity index (χ2v) is 6.93. The van der Waals surface area contributed by atoms with E-state index in [0.29, 0.717) is 18.5 Å². The molecule has 0 aromatic heterocycles. The normalized spacial score (nSPS) is 13.1. The maximum Gasteiger partial charge on any atom is 0.253 e. The largest absolute Gasteiger partial charge is 0.386 e. The summed E-state index contributed by atoms with van der Waals surface area (Å²) in [4.78, 5) is 20.5. The third-order valence-electron chi connectivity index (χ3n) is 4.00. The van der Waals surface area contributed by atoms with E-state index in [1.807, 2.05) is 24.3 Å². The molecule has 3 N–H and O–H groups in total. The van der Waals surface area contributed by atoms with Crippen molar-refractivity contribution in [3.63, 3.8) is 0 Å². The molecule has 144 valence electrons. The van der Waals surface area contributed by atoms with Gasteiger partial charge in [0.05, 0.1) is 6.04 Å². The van der Waals surface area contributed by atoms with Gasteiger partial charge < -0.3 is 15.7 Å². The van der Waals surface area contributed by atoms with Gasteiger partial charge in [0, 0.05) is 6.54 Å². The van der Waals surface area contributed by atoms with Gasteiger partial charge in [0.1, 0.15) is 12.8 Å². The van der Waals surface area contributed by atoms with Crippen molar-refractivity contribution in [1.29, 1.82) is 0 Å². The topological polar surface area (TPSA) is 78.4 Å². The number of alkyl halides is 3. The number of hydrogen-bond acceptors (Lipinski definition) is 3. The predicted molar refractivity (Wildman–Crippen MR) is 103 cm³/mol. The smallest absolute Gasteiger partial charge is 0.253 e. The van der Waals surface area contributed by atoms with Crippen molar-refractivity contribution >= 4 is 35.5 Å². The molecule has 2 rings (SSSR count). The number of carbonyl (C=O) groups excluding carboxylic acids is 2. The average Bonchev–Trinajstić information content (AvgIpc) is 2.70. The third-order valence-corrected chi connectivity index (χ3v) is 4.40. The maximum absolute atomic E-state index is 13.2. The van der Waals surface area contributed by atoms with E-state index in [1.54, 1.807) is 24.3 Å². The second-order valence-electron chi connectivity index (χ2n) is 5.83. The first-order chi connectivity index (χ1) is 13.0. The van der Waals surface area contributed by atoms with Gasteiger partial charge in [-0.3, -0.25) is 9.59 Å². The van der Waals surface area contributed by atoms with Gasteiger partial charge in [0.15, 0.2) is 4.84 Å². The third kappa shape index (κ3) is 5.92. The Morgan fingerprint density at radius 1 is 1.07 bits per heavy atom. The monoisotopic (exact) mass is 412 g/mol. The van der Waals surface area contributed by atoms with Crippen molar-refractivity contribution in [3.8, 4) is 11.1 Å². The molecule has 27 heavy (non-hydrogen) atoms. The molecular weight excluding hydrogens is 394 g/mol. The van der Waals surface area contributed by atoms with Crippen LogP contribution in [-0.2, 0) is 16.1 Å². The van der Waals surface area contributed by atoms with Crippen LogP contribution in [-0.4, -0.2) is 35.0 Å². The van der Waals surface area contributed by atoms with Gasteiger partial charge >= 0.3 is 0 Å². The van der Waals surface area contributed by atoms with Gasteiger partial charge in [-0.15, -0.1) is 0 Å². The number of hydrogen-bond donors (Lipinski definition) is 3.